The molecule has 0 bridgehead atoms. The molecule has 118 valence electrons. The summed E-state index contributed by atoms with van der Waals surface area (Å²) < 4.78 is 5.18. The monoisotopic (exact) mass is 301 g/mol. The second-order valence-electron chi connectivity index (χ2n) is 5.87. The van der Waals surface area contributed by atoms with E-state index >= 15 is 0 Å². The molecule has 0 saturated carbocycles. The summed E-state index contributed by atoms with van der Waals surface area (Å²) in [4.78, 5) is 8.62. The van der Waals surface area contributed by atoms with Crippen LogP contribution in [0.3, 0.4) is 0 Å². The molecule has 2 aromatic rings. The molecule has 3 heterocycles. The number of rotatable bonds is 6. The number of anilines is 1. The van der Waals surface area contributed by atoms with Crippen LogP contribution in [0.4, 0.5) is 5.82 Å². The number of nitrogens with one attached hydrogen (secondary N) is 2. The molecule has 1 aliphatic rings. The molecule has 0 radical (unpaired) electrons. The molecule has 2 aromatic heterocycles. The van der Waals surface area contributed by atoms with Crippen LogP contribution in [-0.4, -0.2) is 27.7 Å². The molecule has 1 saturated heterocycles. The fourth-order valence-corrected chi connectivity index (χ4v) is 2.80. The normalized spacial score (nSPS) is 18.3. The van der Waals surface area contributed by atoms with Gasteiger partial charge in [0.25, 0.3) is 0 Å². The van der Waals surface area contributed by atoms with Gasteiger partial charge in [-0.15, -0.1) is 0 Å². The zero-order valence-electron chi connectivity index (χ0n) is 13.0. The Morgan fingerprint density at radius 3 is 3.05 bits per heavy atom. The van der Waals surface area contributed by atoms with E-state index in [1.165, 1.54) is 19.3 Å². The van der Waals surface area contributed by atoms with Gasteiger partial charge in [0.2, 0.25) is 0 Å². The van der Waals surface area contributed by atoms with Gasteiger partial charge < -0.3 is 15.2 Å². The molecule has 2 N–H and O–H groups in total. The van der Waals surface area contributed by atoms with E-state index in [0.29, 0.717) is 12.6 Å². The first-order valence-electron chi connectivity index (χ1n) is 8.00. The molecular weight excluding hydrogens is 278 g/mol. The summed E-state index contributed by atoms with van der Waals surface area (Å²) in [7, 11) is 0. The first kappa shape index (κ1) is 15.0. The highest BCUT2D eigenvalue weighted by atomic mass is 16.5. The quantitative estimate of drug-likeness (QED) is 0.853. The van der Waals surface area contributed by atoms with Gasteiger partial charge in [0.05, 0.1) is 12.2 Å². The molecule has 0 aromatic carbocycles. The van der Waals surface area contributed by atoms with Gasteiger partial charge in [-0.05, 0) is 39.2 Å². The van der Waals surface area contributed by atoms with Crippen LogP contribution >= 0.6 is 0 Å². The Hall–Kier alpha value is -1.95. The Kier molecular flexibility index (Phi) is 5.00. The first-order chi connectivity index (χ1) is 10.8. The Labute approximate surface area is 130 Å². The smallest absolute Gasteiger partial charge is 0.156 e. The zero-order chi connectivity index (χ0) is 15.2. The van der Waals surface area contributed by atoms with Gasteiger partial charge in [0.15, 0.2) is 5.76 Å². The summed E-state index contributed by atoms with van der Waals surface area (Å²) in [5, 5.41) is 10.7. The van der Waals surface area contributed by atoms with E-state index in [-0.39, 0.29) is 0 Å². The van der Waals surface area contributed by atoms with Gasteiger partial charge in [-0.3, -0.25) is 0 Å². The maximum absolute atomic E-state index is 5.18. The minimum absolute atomic E-state index is 0.585. The Balaban J connectivity index is 1.50. The van der Waals surface area contributed by atoms with E-state index < -0.39 is 0 Å². The summed E-state index contributed by atoms with van der Waals surface area (Å²) in [5.74, 6) is 1.64. The van der Waals surface area contributed by atoms with Gasteiger partial charge in [-0.25, -0.2) is 9.97 Å². The number of aromatic nitrogens is 3. The topological polar surface area (TPSA) is 75.9 Å². The average molecular weight is 301 g/mol. The molecule has 6 nitrogen and oxygen atoms in total. The highest BCUT2D eigenvalue weighted by molar-refractivity contribution is 5.35. The largest absolute Gasteiger partial charge is 0.363 e. The van der Waals surface area contributed by atoms with Crippen LogP contribution in [-0.2, 0) is 13.0 Å². The third kappa shape index (κ3) is 4.27. The van der Waals surface area contributed by atoms with Crippen LogP contribution < -0.4 is 10.6 Å². The SMILES string of the molecule is Cc1cc(CNc2cc(CC[C@@H]3CCCCN3)ncn2)on1. The van der Waals surface area contributed by atoms with Gasteiger partial charge in [-0.2, -0.15) is 0 Å². The van der Waals surface area contributed by atoms with Crippen molar-refractivity contribution >= 4 is 5.82 Å². The summed E-state index contributed by atoms with van der Waals surface area (Å²) in [5.41, 5.74) is 1.97. The van der Waals surface area contributed by atoms with E-state index in [1.807, 2.05) is 19.1 Å². The summed E-state index contributed by atoms with van der Waals surface area (Å²) in [6, 6.07) is 4.58. The minimum Gasteiger partial charge on any atom is -0.363 e. The molecule has 0 spiro atoms. The minimum atomic E-state index is 0.585. The molecule has 1 atom stereocenters. The van der Waals surface area contributed by atoms with Crippen molar-refractivity contribution < 1.29 is 4.52 Å². The maximum Gasteiger partial charge on any atom is 0.156 e. The summed E-state index contributed by atoms with van der Waals surface area (Å²) in [6.45, 7) is 3.65. The van der Waals surface area contributed by atoms with Crippen molar-refractivity contribution in [2.45, 2.75) is 51.6 Å². The van der Waals surface area contributed by atoms with Crippen molar-refractivity contribution in [2.24, 2.45) is 0 Å². The van der Waals surface area contributed by atoms with Gasteiger partial charge >= 0.3 is 0 Å². The molecular formula is C16H23N5O. The van der Waals surface area contributed by atoms with E-state index in [1.54, 1.807) is 6.33 Å². The van der Waals surface area contributed by atoms with Crippen LogP contribution in [0.5, 0.6) is 0 Å². The maximum atomic E-state index is 5.18. The lowest BCUT2D eigenvalue weighted by Gasteiger charge is -2.23. The van der Waals surface area contributed by atoms with Gasteiger partial charge in [0.1, 0.15) is 12.1 Å². The lowest BCUT2D eigenvalue weighted by molar-refractivity contribution is 0.382. The Bertz CT molecular complexity index is 592. The predicted octanol–water partition coefficient (Wildman–Crippen LogP) is 2.46. The number of nitrogens with zero attached hydrogens (tertiary/aromatic N) is 3. The zero-order valence-corrected chi connectivity index (χ0v) is 13.0. The number of hydrogen-bond acceptors (Lipinski definition) is 6. The molecule has 6 heteroatoms. The van der Waals surface area contributed by atoms with E-state index in [4.69, 9.17) is 4.52 Å². The van der Waals surface area contributed by atoms with E-state index in [2.05, 4.69) is 25.8 Å². The average Bonchev–Trinajstić information content (AvgIpc) is 2.98. The summed E-state index contributed by atoms with van der Waals surface area (Å²) >= 11 is 0. The second kappa shape index (κ2) is 7.35. The molecule has 1 fully saturated rings. The number of aryl methyl sites for hydroxylation is 2. The van der Waals surface area contributed by atoms with Crippen molar-refractivity contribution in [3.8, 4) is 0 Å². The third-order valence-corrected chi connectivity index (χ3v) is 4.01. The molecule has 0 amide bonds. The van der Waals surface area contributed by atoms with Crippen LogP contribution in [0.25, 0.3) is 0 Å². The Morgan fingerprint density at radius 2 is 2.27 bits per heavy atom. The van der Waals surface area contributed by atoms with Crippen molar-refractivity contribution in [1.29, 1.82) is 0 Å². The van der Waals surface area contributed by atoms with E-state index in [9.17, 15) is 0 Å². The van der Waals surface area contributed by atoms with Gasteiger partial charge in [0, 0.05) is 23.9 Å². The van der Waals surface area contributed by atoms with Crippen LogP contribution in [0.1, 0.15) is 42.8 Å². The predicted molar refractivity (Wildman–Crippen MR) is 84.6 cm³/mol. The standard InChI is InChI=1S/C16H23N5O/c1-12-8-15(22-21-12)10-18-16-9-14(19-11-20-16)6-5-13-4-2-3-7-17-13/h8-9,11,13,17H,2-7,10H2,1H3,(H,18,19,20)/t13-/m0/s1. The van der Waals surface area contributed by atoms with Crippen LogP contribution in [0.2, 0.25) is 0 Å². The summed E-state index contributed by atoms with van der Waals surface area (Å²) in [6.07, 6.45) is 7.66. The van der Waals surface area contributed by atoms with E-state index in [0.717, 1.165) is 42.4 Å². The van der Waals surface area contributed by atoms with Crippen molar-refractivity contribution in [3.05, 3.63) is 35.6 Å². The third-order valence-electron chi connectivity index (χ3n) is 4.01. The highest BCUT2D eigenvalue weighted by Gasteiger charge is 2.12. The number of hydrogen-bond donors (Lipinski definition) is 2. The molecule has 3 rings (SSSR count). The van der Waals surface area contributed by atoms with Gasteiger partial charge in [-0.1, -0.05) is 11.6 Å². The van der Waals surface area contributed by atoms with Crippen molar-refractivity contribution in [2.75, 3.05) is 11.9 Å². The lowest BCUT2D eigenvalue weighted by atomic mass is 10.00. The Morgan fingerprint density at radius 1 is 1.32 bits per heavy atom. The first-order valence-corrected chi connectivity index (χ1v) is 8.00. The second-order valence-corrected chi connectivity index (χ2v) is 5.87. The molecule has 0 aliphatic carbocycles. The highest BCUT2D eigenvalue weighted by Crippen LogP contribution is 2.14. The van der Waals surface area contributed by atoms with Crippen LogP contribution in [0.15, 0.2) is 23.0 Å². The number of piperidine rings is 1. The fourth-order valence-electron chi connectivity index (χ4n) is 2.80. The molecule has 0 unspecified atom stereocenters. The van der Waals surface area contributed by atoms with Crippen molar-refractivity contribution in [1.82, 2.24) is 20.4 Å². The van der Waals surface area contributed by atoms with Crippen LogP contribution in [0, 0.1) is 6.92 Å². The molecule has 22 heavy (non-hydrogen) atoms. The lowest BCUT2D eigenvalue weighted by Crippen LogP contribution is -2.34. The fraction of sp³-hybridized carbons (Fsp3) is 0.562. The van der Waals surface area contributed by atoms with Crippen molar-refractivity contribution in [3.63, 3.8) is 0 Å². The molecule has 1 aliphatic heterocycles.